The average Bonchev–Trinajstić information content (AvgIpc) is 3.33. The number of fused-ring (bicyclic) bond motifs is 3. The zero-order chi connectivity index (χ0) is 18.3. The first-order chi connectivity index (χ1) is 12.5. The normalized spacial score (nSPS) is 25.5. The highest BCUT2D eigenvalue weighted by Crippen LogP contribution is 2.49. The second kappa shape index (κ2) is 7.15. The molecule has 2 aliphatic rings. The van der Waals surface area contributed by atoms with Crippen LogP contribution in [0.25, 0.3) is 10.2 Å². The largest absolute Gasteiger partial charge is 0.353 e. The van der Waals surface area contributed by atoms with Crippen molar-refractivity contribution in [1.29, 1.82) is 0 Å². The molecule has 2 fully saturated rings. The third kappa shape index (κ3) is 3.57. The Bertz CT molecular complexity index is 853. The maximum absolute atomic E-state index is 12.3. The van der Waals surface area contributed by atoms with Crippen LogP contribution in [-0.2, 0) is 4.79 Å². The second-order valence-corrected chi connectivity index (χ2v) is 9.63. The summed E-state index contributed by atoms with van der Waals surface area (Å²) >= 11 is 2.79. The molecule has 0 radical (unpaired) electrons. The molecule has 1 aromatic carbocycles. The van der Waals surface area contributed by atoms with Crippen LogP contribution in [0.5, 0.6) is 0 Å². The number of non-ortho nitro benzene ring substituents is 1. The van der Waals surface area contributed by atoms with Gasteiger partial charge in [-0.2, -0.15) is 0 Å². The molecule has 4 rings (SSSR count). The van der Waals surface area contributed by atoms with E-state index in [2.05, 4.69) is 17.2 Å². The Balaban J connectivity index is 1.32. The highest BCUT2D eigenvalue weighted by molar-refractivity contribution is 8.01. The number of rotatable bonds is 6. The summed E-state index contributed by atoms with van der Waals surface area (Å²) in [7, 11) is 0. The van der Waals surface area contributed by atoms with Gasteiger partial charge >= 0.3 is 0 Å². The number of amides is 1. The molecular weight excluding hydrogens is 370 g/mol. The number of carbonyl (C=O) groups excluding carboxylic acids is 1. The fourth-order valence-electron chi connectivity index (χ4n) is 4.50. The van der Waals surface area contributed by atoms with Gasteiger partial charge in [0.25, 0.3) is 5.69 Å². The van der Waals surface area contributed by atoms with Gasteiger partial charge in [0, 0.05) is 18.2 Å². The van der Waals surface area contributed by atoms with Crippen LogP contribution in [0.4, 0.5) is 5.69 Å². The van der Waals surface area contributed by atoms with Gasteiger partial charge in [0.15, 0.2) is 4.34 Å². The Labute approximate surface area is 159 Å². The Kier molecular flexibility index (Phi) is 4.88. The van der Waals surface area contributed by atoms with Crippen LogP contribution < -0.4 is 5.32 Å². The van der Waals surface area contributed by atoms with Crippen molar-refractivity contribution in [3.8, 4) is 0 Å². The van der Waals surface area contributed by atoms with Gasteiger partial charge in [-0.25, -0.2) is 4.98 Å². The van der Waals surface area contributed by atoms with Crippen LogP contribution in [0.1, 0.15) is 32.6 Å². The van der Waals surface area contributed by atoms with Crippen molar-refractivity contribution < 1.29 is 9.72 Å². The highest BCUT2D eigenvalue weighted by Gasteiger charge is 2.42. The third-order valence-corrected chi connectivity index (χ3v) is 7.87. The summed E-state index contributed by atoms with van der Waals surface area (Å²) in [5, 5.41) is 14.0. The summed E-state index contributed by atoms with van der Waals surface area (Å²) in [5.41, 5.74) is 0.800. The molecule has 2 aromatic rings. The zero-order valence-electron chi connectivity index (χ0n) is 14.5. The van der Waals surface area contributed by atoms with E-state index >= 15 is 0 Å². The molecule has 138 valence electrons. The van der Waals surface area contributed by atoms with E-state index in [0.717, 1.165) is 26.4 Å². The smallest absolute Gasteiger partial charge is 0.270 e. The maximum atomic E-state index is 12.3. The number of nitrogens with one attached hydrogen (secondary N) is 1. The molecule has 1 aromatic heterocycles. The minimum atomic E-state index is -0.406. The Morgan fingerprint density at radius 2 is 2.31 bits per heavy atom. The van der Waals surface area contributed by atoms with E-state index < -0.39 is 4.92 Å². The minimum absolute atomic E-state index is 0.0375. The van der Waals surface area contributed by atoms with Gasteiger partial charge in [-0.15, -0.1) is 11.3 Å². The molecule has 26 heavy (non-hydrogen) atoms. The first-order valence-corrected chi connectivity index (χ1v) is 10.8. The molecule has 6 nitrogen and oxygen atoms in total. The van der Waals surface area contributed by atoms with Crippen LogP contribution in [0.2, 0.25) is 0 Å². The number of nitrogens with zero attached hydrogens (tertiary/aromatic N) is 2. The van der Waals surface area contributed by atoms with Crippen LogP contribution in [0.15, 0.2) is 22.5 Å². The lowest BCUT2D eigenvalue weighted by Crippen LogP contribution is -2.40. The number of thioether (sulfide) groups is 1. The number of nitro groups is 1. The Hall–Kier alpha value is -1.67. The standard InChI is InChI=1S/C18H21N3O3S2/c1-10(14-7-11-2-3-12(14)6-11)19-17(22)9-25-18-20-15-5-4-13(21(23)24)8-16(15)26-18/h4-5,8,10-12,14H,2-3,6-7,9H2,1H3,(H,19,22)/t10-,11+,12+,14+/m1/s1. The van der Waals surface area contributed by atoms with E-state index in [4.69, 9.17) is 0 Å². The Morgan fingerprint density at radius 3 is 3.00 bits per heavy atom. The molecule has 0 spiro atoms. The number of nitro benzene ring substituents is 1. The monoisotopic (exact) mass is 391 g/mol. The van der Waals surface area contributed by atoms with Crippen LogP contribution in [-0.4, -0.2) is 27.6 Å². The maximum Gasteiger partial charge on any atom is 0.270 e. The highest BCUT2D eigenvalue weighted by atomic mass is 32.2. The van der Waals surface area contributed by atoms with E-state index in [1.165, 1.54) is 60.9 Å². The summed E-state index contributed by atoms with van der Waals surface area (Å²) in [4.78, 5) is 27.2. The van der Waals surface area contributed by atoms with Gasteiger partial charge in [-0.3, -0.25) is 14.9 Å². The fourth-order valence-corrected chi connectivity index (χ4v) is 6.42. The van der Waals surface area contributed by atoms with Crippen LogP contribution in [0, 0.1) is 27.9 Å². The van der Waals surface area contributed by atoms with Crippen molar-refractivity contribution in [2.75, 3.05) is 5.75 Å². The van der Waals surface area contributed by atoms with Gasteiger partial charge in [0.1, 0.15) is 0 Å². The number of hydrogen-bond acceptors (Lipinski definition) is 6. The lowest BCUT2D eigenvalue weighted by Gasteiger charge is -2.28. The van der Waals surface area contributed by atoms with Gasteiger partial charge in [-0.1, -0.05) is 18.2 Å². The summed E-state index contributed by atoms with van der Waals surface area (Å²) in [6.45, 7) is 2.13. The number of thiazole rings is 1. The Morgan fingerprint density at radius 1 is 1.46 bits per heavy atom. The molecule has 2 aliphatic carbocycles. The number of benzene rings is 1. The number of carbonyl (C=O) groups is 1. The summed E-state index contributed by atoms with van der Waals surface area (Å²) < 4.78 is 1.54. The van der Waals surface area contributed by atoms with Gasteiger partial charge in [0.05, 0.1) is 20.9 Å². The van der Waals surface area contributed by atoms with E-state index in [1.54, 1.807) is 6.07 Å². The van der Waals surface area contributed by atoms with Crippen molar-refractivity contribution >= 4 is 44.9 Å². The molecule has 1 heterocycles. The van der Waals surface area contributed by atoms with Crippen molar-refractivity contribution in [1.82, 2.24) is 10.3 Å². The van der Waals surface area contributed by atoms with Crippen molar-refractivity contribution in [3.05, 3.63) is 28.3 Å². The van der Waals surface area contributed by atoms with Gasteiger partial charge in [-0.05, 0) is 50.0 Å². The molecule has 0 unspecified atom stereocenters. The van der Waals surface area contributed by atoms with Crippen LogP contribution in [0.3, 0.4) is 0 Å². The topological polar surface area (TPSA) is 85.1 Å². The van der Waals surface area contributed by atoms with Crippen LogP contribution >= 0.6 is 23.1 Å². The zero-order valence-corrected chi connectivity index (χ0v) is 16.1. The summed E-state index contributed by atoms with van der Waals surface area (Å²) in [5.74, 6) is 2.67. The van der Waals surface area contributed by atoms with Gasteiger partial charge in [0.2, 0.25) is 5.91 Å². The summed E-state index contributed by atoms with van der Waals surface area (Å²) in [6.07, 6.45) is 5.29. The first kappa shape index (κ1) is 17.7. The van der Waals surface area contributed by atoms with Crippen molar-refractivity contribution in [2.24, 2.45) is 17.8 Å². The predicted octanol–water partition coefficient (Wildman–Crippen LogP) is 4.24. The van der Waals surface area contributed by atoms with Crippen molar-refractivity contribution in [3.63, 3.8) is 0 Å². The molecule has 2 saturated carbocycles. The quantitative estimate of drug-likeness (QED) is 0.452. The van der Waals surface area contributed by atoms with E-state index in [9.17, 15) is 14.9 Å². The molecule has 1 N–H and O–H groups in total. The van der Waals surface area contributed by atoms with E-state index in [1.807, 2.05) is 0 Å². The molecule has 0 aliphatic heterocycles. The predicted molar refractivity (Wildman–Crippen MR) is 104 cm³/mol. The SMILES string of the molecule is C[C@@H](NC(=O)CSc1nc2ccc([N+](=O)[O-])cc2s1)[C@@H]1C[C@H]2CC[C@H]1C2. The first-order valence-electron chi connectivity index (χ1n) is 8.96. The lowest BCUT2D eigenvalue weighted by molar-refractivity contribution is -0.384. The molecule has 1 amide bonds. The van der Waals surface area contributed by atoms with E-state index in [-0.39, 0.29) is 17.6 Å². The molecular formula is C18H21N3O3S2. The molecule has 4 atom stereocenters. The second-order valence-electron chi connectivity index (χ2n) is 7.37. The molecule has 0 saturated heterocycles. The molecule has 2 bridgehead atoms. The number of aromatic nitrogens is 1. The third-order valence-electron chi connectivity index (χ3n) is 5.71. The van der Waals surface area contributed by atoms with Gasteiger partial charge < -0.3 is 5.32 Å². The van der Waals surface area contributed by atoms with E-state index in [0.29, 0.717) is 11.7 Å². The summed E-state index contributed by atoms with van der Waals surface area (Å²) in [6, 6.07) is 4.89. The number of hydrogen-bond donors (Lipinski definition) is 1. The minimum Gasteiger partial charge on any atom is -0.353 e. The lowest BCUT2D eigenvalue weighted by atomic mass is 9.84. The fraction of sp³-hybridized carbons (Fsp3) is 0.556. The van der Waals surface area contributed by atoms with Crippen molar-refractivity contribution in [2.45, 2.75) is 43.0 Å². The molecule has 8 heteroatoms. The average molecular weight is 392 g/mol.